The van der Waals surface area contributed by atoms with Crippen LogP contribution in [0.4, 0.5) is 0 Å². The Kier molecular flexibility index (Phi) is 3.08. The zero-order valence-electron chi connectivity index (χ0n) is 3.94. The van der Waals surface area contributed by atoms with Crippen LogP contribution in [0.25, 0.3) is 0 Å². The number of hydrogen-bond donors (Lipinski definition) is 2. The van der Waals surface area contributed by atoms with Gasteiger partial charge in [0.2, 0.25) is 0 Å². The second kappa shape index (κ2) is 3.12. The molecule has 0 aliphatic rings. The van der Waals surface area contributed by atoms with Gasteiger partial charge in [0.15, 0.2) is 0 Å². The summed E-state index contributed by atoms with van der Waals surface area (Å²) in [6.07, 6.45) is 1.05. The van der Waals surface area contributed by atoms with Crippen LogP contribution < -0.4 is 5.73 Å². The molecule has 2 nitrogen and oxygen atoms in total. The third-order valence-electron chi connectivity index (χ3n) is 0.644. The average Bonchev–Trinajstić information content (AvgIpc) is 1.65. The van der Waals surface area contributed by atoms with Crippen LogP contribution in [0.15, 0.2) is 0 Å². The molecule has 0 aromatic heterocycles. The number of hydrogen-bond acceptors (Lipinski definition) is 2. The maximum absolute atomic E-state index is 8.46. The van der Waals surface area contributed by atoms with Crippen molar-refractivity contribution >= 4 is 0 Å². The van der Waals surface area contributed by atoms with Gasteiger partial charge in [0.05, 0.1) is 0 Å². The molecule has 0 saturated heterocycles. The molecule has 0 atom stereocenters. The Labute approximate surface area is 38.0 Å². The lowest BCUT2D eigenvalue weighted by molar-refractivity contribution is 0.291. The smallest absolute Gasteiger partial charge is 0.106 e. The van der Waals surface area contributed by atoms with E-state index in [0.717, 1.165) is 0 Å². The average molecular weight is 88.1 g/mol. The van der Waals surface area contributed by atoms with E-state index >= 15 is 0 Å². The summed E-state index contributed by atoms with van der Waals surface area (Å²) < 4.78 is 0. The molecule has 3 N–H and O–H groups in total. The lowest BCUT2D eigenvalue weighted by atomic mass is 10.3. The maximum atomic E-state index is 8.46. The lowest BCUT2D eigenvalue weighted by Crippen LogP contribution is -2.09. The predicted octanol–water partition coefficient (Wildman–Crippen LogP) is 0.260. The van der Waals surface area contributed by atoms with Crippen molar-refractivity contribution in [1.82, 2.24) is 0 Å². The van der Waals surface area contributed by atoms with Crippen LogP contribution in [0.1, 0.15) is 13.3 Å². The van der Waals surface area contributed by atoms with Gasteiger partial charge >= 0.3 is 0 Å². The van der Waals surface area contributed by atoms with Crippen LogP contribution in [0.5, 0.6) is 0 Å². The van der Waals surface area contributed by atoms with Crippen LogP contribution in [-0.4, -0.2) is 11.7 Å². The molecule has 0 spiro atoms. The molecule has 0 amide bonds. The van der Waals surface area contributed by atoms with E-state index in [0.29, 0.717) is 19.1 Å². The first-order valence-electron chi connectivity index (χ1n) is 2.05. The Hall–Kier alpha value is -0.0800. The van der Waals surface area contributed by atoms with Crippen molar-refractivity contribution in [2.45, 2.75) is 13.3 Å². The minimum Gasteiger partial charge on any atom is -0.386 e. The summed E-state index contributed by atoms with van der Waals surface area (Å²) in [5.41, 5.74) is 5.00. The number of aliphatic hydroxyl groups is 1. The van der Waals surface area contributed by atoms with Crippen LogP contribution in [0, 0.1) is 6.10 Å². The van der Waals surface area contributed by atoms with Crippen molar-refractivity contribution in [1.29, 1.82) is 0 Å². The summed E-state index contributed by atoms with van der Waals surface area (Å²) >= 11 is 0. The second-order valence-electron chi connectivity index (χ2n) is 1.12. The van der Waals surface area contributed by atoms with E-state index in [-0.39, 0.29) is 0 Å². The third-order valence-corrected chi connectivity index (χ3v) is 0.644. The van der Waals surface area contributed by atoms with Crippen molar-refractivity contribution in [3.63, 3.8) is 0 Å². The molecule has 0 aliphatic carbocycles. The Balaban J connectivity index is 2.75. The standard InChI is InChI=1S/C4H10NO/c1-2-4(6)3-5/h6H,2-3,5H2,1H3. The molecule has 0 unspecified atom stereocenters. The highest BCUT2D eigenvalue weighted by Crippen LogP contribution is 1.92. The molecule has 2 heteroatoms. The largest absolute Gasteiger partial charge is 0.386 e. The van der Waals surface area contributed by atoms with Crippen LogP contribution >= 0.6 is 0 Å². The number of rotatable bonds is 2. The van der Waals surface area contributed by atoms with Crippen LogP contribution in [0.2, 0.25) is 0 Å². The van der Waals surface area contributed by atoms with E-state index in [2.05, 4.69) is 0 Å². The summed E-state index contributed by atoms with van der Waals surface area (Å²) in [6, 6.07) is 0. The van der Waals surface area contributed by atoms with Crippen LogP contribution in [0.3, 0.4) is 0 Å². The molecule has 0 aliphatic heterocycles. The zero-order chi connectivity index (χ0) is 4.99. The fourth-order valence-corrected chi connectivity index (χ4v) is 0.144. The Bertz CT molecular complexity index is 26.7. The van der Waals surface area contributed by atoms with Gasteiger partial charge in [-0.3, -0.25) is 0 Å². The Morgan fingerprint density at radius 1 is 1.83 bits per heavy atom. The van der Waals surface area contributed by atoms with Crippen LogP contribution in [-0.2, 0) is 0 Å². The highest BCUT2D eigenvalue weighted by Gasteiger charge is 1.92. The highest BCUT2D eigenvalue weighted by atomic mass is 16.3. The number of aliphatic hydroxyl groups excluding tert-OH is 1. The maximum Gasteiger partial charge on any atom is 0.106 e. The SMILES string of the molecule is CC[C](O)CN. The minimum atomic E-state index is 0.302. The Morgan fingerprint density at radius 3 is 2.33 bits per heavy atom. The summed E-state index contributed by atoms with van der Waals surface area (Å²) in [5.74, 6) is 0. The van der Waals surface area contributed by atoms with E-state index in [4.69, 9.17) is 10.8 Å². The number of nitrogens with two attached hydrogens (primary N) is 1. The first-order valence-corrected chi connectivity index (χ1v) is 2.05. The normalized spacial score (nSPS) is 10.0. The van der Waals surface area contributed by atoms with Gasteiger partial charge < -0.3 is 10.8 Å². The third kappa shape index (κ3) is 2.18. The van der Waals surface area contributed by atoms with E-state index < -0.39 is 0 Å². The van der Waals surface area contributed by atoms with E-state index in [1.165, 1.54) is 0 Å². The predicted molar refractivity (Wildman–Crippen MR) is 24.5 cm³/mol. The van der Waals surface area contributed by atoms with Gasteiger partial charge in [0, 0.05) is 6.54 Å². The van der Waals surface area contributed by atoms with Crippen molar-refractivity contribution in [2.75, 3.05) is 6.54 Å². The van der Waals surface area contributed by atoms with Gasteiger partial charge in [0.1, 0.15) is 6.10 Å². The van der Waals surface area contributed by atoms with Gasteiger partial charge in [0.25, 0.3) is 0 Å². The molecule has 0 rings (SSSR count). The minimum absolute atomic E-state index is 0.302. The van der Waals surface area contributed by atoms with Gasteiger partial charge in [-0.05, 0) is 6.42 Å². The van der Waals surface area contributed by atoms with Gasteiger partial charge in [-0.15, -0.1) is 0 Å². The van der Waals surface area contributed by atoms with Crippen molar-refractivity contribution < 1.29 is 5.11 Å². The topological polar surface area (TPSA) is 46.2 Å². The molecule has 0 aromatic rings. The fraction of sp³-hybridized carbons (Fsp3) is 0.750. The van der Waals surface area contributed by atoms with Crippen molar-refractivity contribution in [3.8, 4) is 0 Å². The van der Waals surface area contributed by atoms with Crippen molar-refractivity contribution in [3.05, 3.63) is 6.10 Å². The molecular weight excluding hydrogens is 78.1 g/mol. The lowest BCUT2D eigenvalue weighted by Gasteiger charge is -1.96. The summed E-state index contributed by atoms with van der Waals surface area (Å²) in [5, 5.41) is 8.46. The van der Waals surface area contributed by atoms with E-state index in [1.54, 1.807) is 0 Å². The Morgan fingerprint density at radius 2 is 2.33 bits per heavy atom. The first kappa shape index (κ1) is 5.92. The summed E-state index contributed by atoms with van der Waals surface area (Å²) in [4.78, 5) is 0. The highest BCUT2D eigenvalue weighted by molar-refractivity contribution is 4.71. The van der Waals surface area contributed by atoms with Crippen molar-refractivity contribution in [2.24, 2.45) is 5.73 Å². The molecule has 37 valence electrons. The molecule has 0 fully saturated rings. The van der Waals surface area contributed by atoms with E-state index in [1.807, 2.05) is 6.92 Å². The fourth-order valence-electron chi connectivity index (χ4n) is 0.144. The first-order chi connectivity index (χ1) is 2.81. The quantitative estimate of drug-likeness (QED) is 0.508. The molecule has 6 heavy (non-hydrogen) atoms. The summed E-state index contributed by atoms with van der Waals surface area (Å²) in [6.45, 7) is 2.17. The molecular formula is C4H10NO. The molecule has 1 radical (unpaired) electrons. The molecule has 0 aromatic carbocycles. The van der Waals surface area contributed by atoms with E-state index in [9.17, 15) is 0 Å². The molecule has 0 bridgehead atoms. The zero-order valence-corrected chi connectivity index (χ0v) is 3.94. The van der Waals surface area contributed by atoms with Gasteiger partial charge in [-0.25, -0.2) is 0 Å². The summed E-state index contributed by atoms with van der Waals surface area (Å²) in [7, 11) is 0. The van der Waals surface area contributed by atoms with Gasteiger partial charge in [-0.1, -0.05) is 6.92 Å². The molecule has 0 heterocycles. The van der Waals surface area contributed by atoms with Gasteiger partial charge in [-0.2, -0.15) is 0 Å². The monoisotopic (exact) mass is 88.1 g/mol. The molecule has 0 saturated carbocycles. The second-order valence-corrected chi connectivity index (χ2v) is 1.12.